The average Bonchev–Trinajstić information content (AvgIpc) is 2.18. The average molecular weight is 245 g/mol. The Morgan fingerprint density at radius 1 is 1.25 bits per heavy atom. The van der Waals surface area contributed by atoms with Crippen LogP contribution in [-0.4, -0.2) is 49.1 Å². The Morgan fingerprint density at radius 3 is 1.94 bits per heavy atom. The zero-order valence-corrected chi connectivity index (χ0v) is 10.7. The second-order valence-electron chi connectivity index (χ2n) is 4.38. The molecule has 1 N–H and O–H groups in total. The molecule has 0 aliphatic rings. The molecule has 0 bridgehead atoms. The maximum Gasteiger partial charge on any atom is 0.252 e. The molecule has 0 aromatic heterocycles. The number of likely N-dealkylation sites (N-methyl/N-ethyl adjacent to an activating group) is 1. The molecule has 3 nitrogen and oxygen atoms in total. The lowest BCUT2D eigenvalue weighted by atomic mass is 10.2. The minimum atomic E-state index is -0.407. The molecule has 0 radical (unpaired) electrons. The molecule has 0 spiro atoms. The van der Waals surface area contributed by atoms with Crippen LogP contribution in [0.2, 0.25) is 0 Å². The summed E-state index contributed by atoms with van der Waals surface area (Å²) >= 11 is 5.16. The molecular formula is C12H19ClNO2+. The summed E-state index contributed by atoms with van der Waals surface area (Å²) in [6, 6.07) is 8.74. The molecule has 0 atom stereocenters. The van der Waals surface area contributed by atoms with Crippen molar-refractivity contribution in [3.05, 3.63) is 35.9 Å². The van der Waals surface area contributed by atoms with Crippen LogP contribution in [-0.2, 0) is 0 Å². The minimum Gasteiger partial charge on any atom is -0.391 e. The van der Waals surface area contributed by atoms with Crippen LogP contribution in [0.15, 0.2) is 30.3 Å². The van der Waals surface area contributed by atoms with Gasteiger partial charge < -0.3 is 9.59 Å². The number of aliphatic hydroxyl groups is 1. The maximum absolute atomic E-state index is 10.4. The number of halogens is 1. The predicted octanol–water partition coefficient (Wildman–Crippen LogP) is 1.75. The Labute approximate surface area is 102 Å². The van der Waals surface area contributed by atoms with E-state index in [2.05, 4.69) is 21.1 Å². The van der Waals surface area contributed by atoms with E-state index in [1.807, 2.05) is 6.07 Å². The molecule has 0 aliphatic heterocycles. The fourth-order valence-electron chi connectivity index (χ4n) is 0.869. The second kappa shape index (κ2) is 7.39. The van der Waals surface area contributed by atoms with Gasteiger partial charge in [-0.3, -0.25) is 4.79 Å². The van der Waals surface area contributed by atoms with E-state index in [0.29, 0.717) is 5.56 Å². The lowest BCUT2D eigenvalue weighted by Crippen LogP contribution is -2.36. The van der Waals surface area contributed by atoms with Crippen molar-refractivity contribution in [3.63, 3.8) is 0 Å². The van der Waals surface area contributed by atoms with E-state index in [0.717, 1.165) is 11.0 Å². The third kappa shape index (κ3) is 8.41. The Balaban J connectivity index is 0.000000293. The summed E-state index contributed by atoms with van der Waals surface area (Å²) in [7, 11) is 6.16. The van der Waals surface area contributed by atoms with Gasteiger partial charge in [-0.05, 0) is 11.6 Å². The van der Waals surface area contributed by atoms with Crippen LogP contribution < -0.4 is 0 Å². The standard InChI is InChI=1S/C7H5ClO.C5H14NO/c8-7(9)6-4-2-1-3-5-6;1-6(2,3)4-5-7/h1-5H;7H,4-5H2,1-3H3/q;+1. The van der Waals surface area contributed by atoms with Gasteiger partial charge in [0.2, 0.25) is 0 Å². The van der Waals surface area contributed by atoms with Gasteiger partial charge in [-0.2, -0.15) is 0 Å². The summed E-state index contributed by atoms with van der Waals surface area (Å²) in [6.45, 7) is 1.11. The van der Waals surface area contributed by atoms with Gasteiger partial charge in [-0.25, -0.2) is 0 Å². The van der Waals surface area contributed by atoms with Gasteiger partial charge in [0.25, 0.3) is 5.24 Å². The molecule has 0 amide bonds. The number of carbonyl (C=O) groups excluding carboxylic acids is 1. The van der Waals surface area contributed by atoms with Crippen LogP contribution >= 0.6 is 11.6 Å². The van der Waals surface area contributed by atoms with E-state index < -0.39 is 5.24 Å². The van der Waals surface area contributed by atoms with Gasteiger partial charge in [-0.15, -0.1) is 0 Å². The van der Waals surface area contributed by atoms with Gasteiger partial charge in [0.05, 0.1) is 27.7 Å². The van der Waals surface area contributed by atoms with E-state index in [9.17, 15) is 4.79 Å². The van der Waals surface area contributed by atoms with E-state index in [1.54, 1.807) is 24.3 Å². The number of carbonyl (C=O) groups is 1. The van der Waals surface area contributed by atoms with Crippen LogP contribution in [0.3, 0.4) is 0 Å². The van der Waals surface area contributed by atoms with Gasteiger partial charge in [0.15, 0.2) is 0 Å². The number of hydrogen-bond donors (Lipinski definition) is 1. The summed E-state index contributed by atoms with van der Waals surface area (Å²) in [5, 5.41) is 7.98. The molecular weight excluding hydrogens is 226 g/mol. The Hall–Kier alpha value is -0.900. The molecule has 0 heterocycles. The molecule has 0 unspecified atom stereocenters. The van der Waals surface area contributed by atoms with Crippen LogP contribution in [0.5, 0.6) is 0 Å². The lowest BCUT2D eigenvalue weighted by molar-refractivity contribution is -0.870. The first-order valence-electron chi connectivity index (χ1n) is 5.03. The van der Waals surface area contributed by atoms with Crippen molar-refractivity contribution in [1.82, 2.24) is 0 Å². The fraction of sp³-hybridized carbons (Fsp3) is 0.417. The quantitative estimate of drug-likeness (QED) is 0.650. The van der Waals surface area contributed by atoms with Crippen molar-refractivity contribution in [1.29, 1.82) is 0 Å². The van der Waals surface area contributed by atoms with E-state index in [1.165, 1.54) is 0 Å². The molecule has 0 fully saturated rings. The Kier molecular flexibility index (Phi) is 6.97. The van der Waals surface area contributed by atoms with Crippen molar-refractivity contribution in [2.24, 2.45) is 0 Å². The topological polar surface area (TPSA) is 37.3 Å². The molecule has 0 saturated carbocycles. The Bertz CT molecular complexity index is 307. The summed E-state index contributed by atoms with van der Waals surface area (Å²) in [6.07, 6.45) is 0. The van der Waals surface area contributed by atoms with Crippen molar-refractivity contribution >= 4 is 16.8 Å². The van der Waals surface area contributed by atoms with Crippen molar-refractivity contribution in [3.8, 4) is 0 Å². The zero-order chi connectivity index (χ0) is 12.6. The smallest absolute Gasteiger partial charge is 0.252 e. The van der Waals surface area contributed by atoms with Crippen LogP contribution in [0, 0.1) is 0 Å². The lowest BCUT2D eigenvalue weighted by Gasteiger charge is -2.21. The van der Waals surface area contributed by atoms with Crippen LogP contribution in [0.1, 0.15) is 10.4 Å². The number of benzene rings is 1. The summed E-state index contributed by atoms with van der Waals surface area (Å²) in [5.74, 6) is 0. The Morgan fingerprint density at radius 2 is 1.75 bits per heavy atom. The number of quaternary nitrogens is 1. The highest BCUT2D eigenvalue weighted by molar-refractivity contribution is 6.67. The third-order valence-corrected chi connectivity index (χ3v) is 1.99. The molecule has 0 aliphatic carbocycles. The highest BCUT2D eigenvalue weighted by Crippen LogP contribution is 2.01. The molecule has 1 aromatic carbocycles. The molecule has 90 valence electrons. The predicted molar refractivity (Wildman–Crippen MR) is 66.6 cm³/mol. The minimum absolute atomic E-state index is 0.281. The van der Waals surface area contributed by atoms with E-state index in [4.69, 9.17) is 16.7 Å². The SMILES string of the molecule is C[N+](C)(C)CCO.O=C(Cl)c1ccccc1. The molecule has 4 heteroatoms. The van der Waals surface area contributed by atoms with Gasteiger partial charge in [-0.1, -0.05) is 30.3 Å². The summed E-state index contributed by atoms with van der Waals surface area (Å²) < 4.78 is 0.844. The largest absolute Gasteiger partial charge is 0.391 e. The first-order chi connectivity index (χ1) is 7.37. The third-order valence-electron chi connectivity index (χ3n) is 1.77. The fourth-order valence-corrected chi connectivity index (χ4v) is 0.995. The highest BCUT2D eigenvalue weighted by atomic mass is 35.5. The highest BCUT2D eigenvalue weighted by Gasteiger charge is 2.02. The van der Waals surface area contributed by atoms with Gasteiger partial charge >= 0.3 is 0 Å². The van der Waals surface area contributed by atoms with Crippen LogP contribution in [0.4, 0.5) is 0 Å². The molecule has 1 rings (SSSR count). The molecule has 0 saturated heterocycles. The number of rotatable bonds is 3. The van der Waals surface area contributed by atoms with Crippen molar-refractivity contribution in [2.45, 2.75) is 0 Å². The number of aliphatic hydroxyl groups excluding tert-OH is 1. The number of nitrogens with zero attached hydrogens (tertiary/aromatic N) is 1. The normalized spacial score (nSPS) is 10.3. The maximum atomic E-state index is 10.4. The second-order valence-corrected chi connectivity index (χ2v) is 4.72. The monoisotopic (exact) mass is 244 g/mol. The van der Waals surface area contributed by atoms with Gasteiger partial charge in [0, 0.05) is 5.56 Å². The molecule has 16 heavy (non-hydrogen) atoms. The summed E-state index contributed by atoms with van der Waals surface area (Å²) in [4.78, 5) is 10.4. The zero-order valence-electron chi connectivity index (χ0n) is 9.98. The first-order valence-corrected chi connectivity index (χ1v) is 5.41. The van der Waals surface area contributed by atoms with Crippen LogP contribution in [0.25, 0.3) is 0 Å². The van der Waals surface area contributed by atoms with Crippen molar-refractivity contribution < 1.29 is 14.4 Å². The number of hydrogen-bond acceptors (Lipinski definition) is 2. The van der Waals surface area contributed by atoms with E-state index in [-0.39, 0.29) is 6.61 Å². The summed E-state index contributed by atoms with van der Waals surface area (Å²) in [5.41, 5.74) is 0.541. The molecule has 1 aromatic rings. The van der Waals surface area contributed by atoms with E-state index >= 15 is 0 Å². The first kappa shape index (κ1) is 15.1. The van der Waals surface area contributed by atoms with Gasteiger partial charge in [0.1, 0.15) is 6.54 Å². The van der Waals surface area contributed by atoms with Crippen molar-refractivity contribution in [2.75, 3.05) is 34.3 Å².